The Balaban J connectivity index is 1.83. The Bertz CT molecular complexity index is 273. The SMILES string of the molecule is CCC1(CO)COC(C2OCC(C)(CO)CO2)OC1. The van der Waals surface area contributed by atoms with Gasteiger partial charge in [0.2, 0.25) is 12.6 Å². The van der Waals surface area contributed by atoms with Gasteiger partial charge in [-0.2, -0.15) is 0 Å². The van der Waals surface area contributed by atoms with Crippen LogP contribution in [0.2, 0.25) is 0 Å². The minimum atomic E-state index is -0.562. The van der Waals surface area contributed by atoms with Gasteiger partial charge < -0.3 is 29.2 Å². The molecule has 0 aliphatic carbocycles. The van der Waals surface area contributed by atoms with Crippen molar-refractivity contribution in [2.75, 3.05) is 39.6 Å². The zero-order valence-electron chi connectivity index (χ0n) is 11.6. The predicted octanol–water partition coefficient (Wildman–Crippen LogP) is 0.119. The number of ether oxygens (including phenoxy) is 4. The highest BCUT2D eigenvalue weighted by Crippen LogP contribution is 2.32. The zero-order chi connectivity index (χ0) is 13.9. The van der Waals surface area contributed by atoms with Crippen molar-refractivity contribution in [3.05, 3.63) is 0 Å². The lowest BCUT2D eigenvalue weighted by atomic mass is 9.87. The number of hydrogen-bond donors (Lipinski definition) is 2. The Morgan fingerprint density at radius 1 is 0.895 bits per heavy atom. The standard InChI is InChI=1S/C13H24O6/c1-3-13(5-15)8-18-11(19-9-13)10-16-6-12(2,4-14)7-17-10/h10-11,14-15H,3-9H2,1-2H3. The summed E-state index contributed by atoms with van der Waals surface area (Å²) in [7, 11) is 0. The maximum atomic E-state index is 9.39. The van der Waals surface area contributed by atoms with Gasteiger partial charge in [-0.15, -0.1) is 0 Å². The molecule has 0 radical (unpaired) electrons. The van der Waals surface area contributed by atoms with Gasteiger partial charge in [0.1, 0.15) is 0 Å². The molecular formula is C13H24O6. The average molecular weight is 276 g/mol. The largest absolute Gasteiger partial charge is 0.396 e. The van der Waals surface area contributed by atoms with E-state index in [0.29, 0.717) is 26.4 Å². The van der Waals surface area contributed by atoms with E-state index in [1.807, 2.05) is 13.8 Å². The smallest absolute Gasteiger partial charge is 0.209 e. The van der Waals surface area contributed by atoms with E-state index in [0.717, 1.165) is 6.42 Å². The lowest BCUT2D eigenvalue weighted by Gasteiger charge is -2.43. The highest BCUT2D eigenvalue weighted by molar-refractivity contribution is 4.82. The van der Waals surface area contributed by atoms with E-state index in [2.05, 4.69) is 0 Å². The first kappa shape index (κ1) is 15.2. The van der Waals surface area contributed by atoms with Gasteiger partial charge in [-0.1, -0.05) is 13.8 Å². The molecule has 112 valence electrons. The normalized spacial score (nSPS) is 44.2. The van der Waals surface area contributed by atoms with Gasteiger partial charge in [-0.05, 0) is 6.42 Å². The van der Waals surface area contributed by atoms with Crippen molar-refractivity contribution in [3.8, 4) is 0 Å². The molecule has 19 heavy (non-hydrogen) atoms. The fraction of sp³-hybridized carbons (Fsp3) is 1.00. The van der Waals surface area contributed by atoms with Crippen LogP contribution in [-0.4, -0.2) is 62.4 Å². The van der Waals surface area contributed by atoms with Crippen molar-refractivity contribution in [1.29, 1.82) is 0 Å². The molecule has 2 aliphatic rings. The third-order valence-electron chi connectivity index (χ3n) is 3.99. The van der Waals surface area contributed by atoms with Crippen LogP contribution in [0, 0.1) is 10.8 Å². The van der Waals surface area contributed by atoms with Crippen LogP contribution < -0.4 is 0 Å². The molecule has 0 aromatic heterocycles. The molecule has 2 fully saturated rings. The topological polar surface area (TPSA) is 77.4 Å². The molecule has 0 saturated carbocycles. The van der Waals surface area contributed by atoms with Crippen molar-refractivity contribution in [2.24, 2.45) is 10.8 Å². The third-order valence-corrected chi connectivity index (χ3v) is 3.99. The zero-order valence-corrected chi connectivity index (χ0v) is 11.6. The van der Waals surface area contributed by atoms with Gasteiger partial charge in [0, 0.05) is 10.8 Å². The second kappa shape index (κ2) is 6.03. The summed E-state index contributed by atoms with van der Waals surface area (Å²) < 4.78 is 22.4. The van der Waals surface area contributed by atoms with Crippen molar-refractivity contribution >= 4 is 0 Å². The van der Waals surface area contributed by atoms with Crippen molar-refractivity contribution < 1.29 is 29.2 Å². The Hall–Kier alpha value is -0.240. The van der Waals surface area contributed by atoms with Crippen molar-refractivity contribution in [1.82, 2.24) is 0 Å². The average Bonchev–Trinajstić information content (AvgIpc) is 2.48. The molecule has 2 aliphatic heterocycles. The van der Waals surface area contributed by atoms with Gasteiger partial charge in [-0.25, -0.2) is 0 Å². The quantitative estimate of drug-likeness (QED) is 0.759. The molecule has 0 unspecified atom stereocenters. The molecular weight excluding hydrogens is 252 g/mol. The molecule has 6 heteroatoms. The van der Waals surface area contributed by atoms with E-state index >= 15 is 0 Å². The minimum absolute atomic E-state index is 0.0234. The van der Waals surface area contributed by atoms with E-state index in [-0.39, 0.29) is 24.0 Å². The van der Waals surface area contributed by atoms with Crippen LogP contribution in [0.25, 0.3) is 0 Å². The second-order valence-corrected chi connectivity index (χ2v) is 5.96. The Kier molecular flexibility index (Phi) is 4.81. The van der Waals surface area contributed by atoms with Crippen LogP contribution in [0.15, 0.2) is 0 Å². The molecule has 0 aromatic rings. The molecule has 2 N–H and O–H groups in total. The van der Waals surface area contributed by atoms with Crippen LogP contribution in [0.3, 0.4) is 0 Å². The molecule has 2 saturated heterocycles. The number of aliphatic hydroxyl groups excluding tert-OH is 2. The van der Waals surface area contributed by atoms with E-state index in [9.17, 15) is 10.2 Å². The Morgan fingerprint density at radius 2 is 1.37 bits per heavy atom. The first-order chi connectivity index (χ1) is 9.06. The molecule has 0 atom stereocenters. The van der Waals surface area contributed by atoms with E-state index in [4.69, 9.17) is 18.9 Å². The fourth-order valence-corrected chi connectivity index (χ4v) is 2.08. The molecule has 2 heterocycles. The minimum Gasteiger partial charge on any atom is -0.396 e. The molecule has 0 spiro atoms. The van der Waals surface area contributed by atoms with Gasteiger partial charge in [-0.3, -0.25) is 0 Å². The van der Waals surface area contributed by atoms with Gasteiger partial charge in [0.25, 0.3) is 0 Å². The molecule has 0 amide bonds. The van der Waals surface area contributed by atoms with Crippen LogP contribution in [-0.2, 0) is 18.9 Å². The van der Waals surface area contributed by atoms with Crippen LogP contribution >= 0.6 is 0 Å². The monoisotopic (exact) mass is 276 g/mol. The molecule has 6 nitrogen and oxygen atoms in total. The lowest BCUT2D eigenvalue weighted by Crippen LogP contribution is -2.52. The van der Waals surface area contributed by atoms with E-state index < -0.39 is 12.6 Å². The fourth-order valence-electron chi connectivity index (χ4n) is 2.08. The summed E-state index contributed by atoms with van der Waals surface area (Å²) in [6.07, 6.45) is -0.326. The van der Waals surface area contributed by atoms with Gasteiger partial charge in [0.15, 0.2) is 0 Å². The van der Waals surface area contributed by atoms with Crippen LogP contribution in [0.5, 0.6) is 0 Å². The second-order valence-electron chi connectivity index (χ2n) is 5.96. The van der Waals surface area contributed by atoms with E-state index in [1.54, 1.807) is 0 Å². The maximum absolute atomic E-state index is 9.39. The van der Waals surface area contributed by atoms with E-state index in [1.165, 1.54) is 0 Å². The van der Waals surface area contributed by atoms with Crippen molar-refractivity contribution in [2.45, 2.75) is 32.8 Å². The Labute approximate surface area is 113 Å². The lowest BCUT2D eigenvalue weighted by molar-refractivity contribution is -0.352. The van der Waals surface area contributed by atoms with Crippen LogP contribution in [0.1, 0.15) is 20.3 Å². The predicted molar refractivity (Wildman–Crippen MR) is 66.4 cm³/mol. The number of rotatable bonds is 4. The summed E-state index contributed by atoms with van der Waals surface area (Å²) in [5.74, 6) is 0. The Morgan fingerprint density at radius 3 is 1.74 bits per heavy atom. The molecule has 0 aromatic carbocycles. The summed E-state index contributed by atoms with van der Waals surface area (Å²) in [6, 6.07) is 0. The van der Waals surface area contributed by atoms with Crippen LogP contribution in [0.4, 0.5) is 0 Å². The third kappa shape index (κ3) is 3.26. The number of aliphatic hydroxyl groups is 2. The summed E-state index contributed by atoms with van der Waals surface area (Å²) in [5.41, 5.74) is -0.672. The highest BCUT2D eigenvalue weighted by Gasteiger charge is 2.42. The summed E-state index contributed by atoms with van der Waals surface area (Å²) in [4.78, 5) is 0. The highest BCUT2D eigenvalue weighted by atomic mass is 16.8. The van der Waals surface area contributed by atoms with Crippen molar-refractivity contribution in [3.63, 3.8) is 0 Å². The summed E-state index contributed by atoms with van der Waals surface area (Å²) in [5, 5.41) is 18.6. The summed E-state index contributed by atoms with van der Waals surface area (Å²) >= 11 is 0. The number of hydrogen-bond acceptors (Lipinski definition) is 6. The molecule has 2 rings (SSSR count). The first-order valence-corrected chi connectivity index (χ1v) is 6.75. The van der Waals surface area contributed by atoms with Gasteiger partial charge in [0.05, 0.1) is 39.6 Å². The summed E-state index contributed by atoms with van der Waals surface area (Å²) in [6.45, 7) is 5.67. The first-order valence-electron chi connectivity index (χ1n) is 6.75. The van der Waals surface area contributed by atoms with Gasteiger partial charge >= 0.3 is 0 Å². The molecule has 0 bridgehead atoms. The maximum Gasteiger partial charge on any atom is 0.209 e.